The second-order valence-electron chi connectivity index (χ2n) is 7.49. The van der Waals surface area contributed by atoms with Crippen LogP contribution in [0.25, 0.3) is 16.5 Å². The summed E-state index contributed by atoms with van der Waals surface area (Å²) in [5.74, 6) is -0.943. The Morgan fingerprint density at radius 3 is 2.75 bits per heavy atom. The number of hydrogen-bond acceptors (Lipinski definition) is 8. The molecule has 1 aliphatic rings. The third-order valence-corrected chi connectivity index (χ3v) is 5.28. The maximum atomic E-state index is 14.2. The SMILES string of the molecule is N#Cc1cc(NC(=O)c2cnn(-c3cccc4c(=O)[nH]ccc34)c2C(F)(F)F)cnc1N1N=CCN1. The summed E-state index contributed by atoms with van der Waals surface area (Å²) >= 11 is 0. The van der Waals surface area contributed by atoms with Gasteiger partial charge in [-0.15, -0.1) is 0 Å². The van der Waals surface area contributed by atoms with Crippen LogP contribution in [0, 0.1) is 11.3 Å². The number of carbonyl (C=O) groups is 1. The number of fused-ring (bicyclic) bond motifs is 1. The fraction of sp³-hybridized carbons (Fsp3) is 0.0909. The van der Waals surface area contributed by atoms with E-state index in [0.29, 0.717) is 11.2 Å². The molecule has 0 unspecified atom stereocenters. The fourth-order valence-corrected chi connectivity index (χ4v) is 3.75. The van der Waals surface area contributed by atoms with Crippen LogP contribution in [0.1, 0.15) is 21.6 Å². The van der Waals surface area contributed by atoms with Crippen LogP contribution in [-0.4, -0.2) is 38.4 Å². The number of anilines is 2. The Labute approximate surface area is 199 Å². The lowest BCUT2D eigenvalue weighted by molar-refractivity contribution is -0.143. The van der Waals surface area contributed by atoms with E-state index in [0.717, 1.165) is 6.20 Å². The van der Waals surface area contributed by atoms with Gasteiger partial charge < -0.3 is 10.3 Å². The summed E-state index contributed by atoms with van der Waals surface area (Å²) in [5.41, 5.74) is 0.296. The van der Waals surface area contributed by atoms with Crippen molar-refractivity contribution >= 4 is 34.4 Å². The monoisotopic (exact) mass is 493 g/mol. The molecule has 0 fully saturated rings. The summed E-state index contributed by atoms with van der Waals surface area (Å²) in [6.45, 7) is 0.431. The highest BCUT2D eigenvalue weighted by Crippen LogP contribution is 2.35. The number of pyridine rings is 2. The van der Waals surface area contributed by atoms with Crippen molar-refractivity contribution in [1.29, 1.82) is 5.26 Å². The van der Waals surface area contributed by atoms with Crippen LogP contribution in [0.2, 0.25) is 0 Å². The Balaban J connectivity index is 1.54. The number of nitrogens with one attached hydrogen (secondary N) is 3. The zero-order valence-corrected chi connectivity index (χ0v) is 18.0. The van der Waals surface area contributed by atoms with Gasteiger partial charge in [-0.2, -0.15) is 33.8 Å². The molecule has 1 aliphatic heterocycles. The number of carbonyl (C=O) groups excluding carboxylic acids is 1. The van der Waals surface area contributed by atoms with Crippen molar-refractivity contribution in [1.82, 2.24) is 25.2 Å². The molecule has 4 heterocycles. The van der Waals surface area contributed by atoms with E-state index in [9.17, 15) is 28.0 Å². The summed E-state index contributed by atoms with van der Waals surface area (Å²) < 4.78 is 43.1. The number of nitrogens with zero attached hydrogens (tertiary/aromatic N) is 6. The van der Waals surface area contributed by atoms with Crippen LogP contribution in [-0.2, 0) is 6.18 Å². The van der Waals surface area contributed by atoms with E-state index in [2.05, 4.69) is 30.9 Å². The number of rotatable bonds is 4. The average molecular weight is 493 g/mol. The van der Waals surface area contributed by atoms with Gasteiger partial charge >= 0.3 is 6.18 Å². The predicted molar refractivity (Wildman–Crippen MR) is 123 cm³/mol. The lowest BCUT2D eigenvalue weighted by atomic mass is 10.1. The van der Waals surface area contributed by atoms with Crippen molar-refractivity contribution in [3.63, 3.8) is 0 Å². The highest BCUT2D eigenvalue weighted by atomic mass is 19.4. The second-order valence-corrected chi connectivity index (χ2v) is 7.49. The number of aromatic amines is 1. The minimum atomic E-state index is -4.97. The molecule has 3 N–H and O–H groups in total. The fourth-order valence-electron chi connectivity index (χ4n) is 3.75. The Kier molecular flexibility index (Phi) is 5.46. The summed E-state index contributed by atoms with van der Waals surface area (Å²) in [5, 5.41) is 21.2. The summed E-state index contributed by atoms with van der Waals surface area (Å²) in [6.07, 6.45) is -0.115. The molecule has 0 saturated carbocycles. The van der Waals surface area contributed by atoms with Gasteiger partial charge in [-0.25, -0.2) is 15.1 Å². The van der Waals surface area contributed by atoms with Gasteiger partial charge in [-0.1, -0.05) is 6.07 Å². The molecule has 36 heavy (non-hydrogen) atoms. The molecule has 3 aromatic heterocycles. The zero-order chi connectivity index (χ0) is 25.4. The molecule has 1 amide bonds. The number of alkyl halides is 3. The molecular weight excluding hydrogens is 479 g/mol. The molecule has 4 aromatic rings. The predicted octanol–water partition coefficient (Wildman–Crippen LogP) is 2.56. The minimum absolute atomic E-state index is 0.000968. The number of halogens is 3. The van der Waals surface area contributed by atoms with Crippen molar-refractivity contribution in [2.45, 2.75) is 6.18 Å². The molecule has 0 aliphatic carbocycles. The van der Waals surface area contributed by atoms with E-state index in [1.54, 1.807) is 6.21 Å². The quantitative estimate of drug-likeness (QED) is 0.396. The number of aromatic nitrogens is 4. The number of H-pyrrole nitrogens is 1. The Morgan fingerprint density at radius 1 is 1.19 bits per heavy atom. The van der Waals surface area contributed by atoms with E-state index in [-0.39, 0.29) is 33.5 Å². The van der Waals surface area contributed by atoms with Gasteiger partial charge in [0.1, 0.15) is 11.6 Å². The smallest absolute Gasteiger partial charge is 0.329 e. The van der Waals surface area contributed by atoms with Crippen molar-refractivity contribution in [3.8, 4) is 11.8 Å². The molecule has 5 rings (SSSR count). The normalized spacial score (nSPS) is 13.2. The van der Waals surface area contributed by atoms with Crippen LogP contribution >= 0.6 is 0 Å². The summed E-state index contributed by atoms with van der Waals surface area (Å²) in [7, 11) is 0. The van der Waals surface area contributed by atoms with Gasteiger partial charge in [0.15, 0.2) is 11.5 Å². The van der Waals surface area contributed by atoms with Crippen molar-refractivity contribution < 1.29 is 18.0 Å². The molecule has 0 spiro atoms. The maximum absolute atomic E-state index is 14.2. The van der Waals surface area contributed by atoms with Crippen molar-refractivity contribution in [2.24, 2.45) is 5.10 Å². The number of hydrazone groups is 1. The third kappa shape index (κ3) is 3.93. The molecule has 180 valence electrons. The van der Waals surface area contributed by atoms with E-state index < -0.39 is 28.9 Å². The van der Waals surface area contributed by atoms with Crippen molar-refractivity contribution in [2.75, 3.05) is 17.0 Å². The molecule has 14 heteroatoms. The topological polar surface area (TPSA) is 144 Å². The van der Waals surface area contributed by atoms with Crippen LogP contribution in [0.5, 0.6) is 0 Å². The minimum Gasteiger partial charge on any atom is -0.329 e. The van der Waals surface area contributed by atoms with Gasteiger partial charge in [0, 0.05) is 23.2 Å². The van der Waals surface area contributed by atoms with Gasteiger partial charge in [0.2, 0.25) is 0 Å². The average Bonchev–Trinajstić information content (AvgIpc) is 3.54. The number of amides is 1. The first-order valence-electron chi connectivity index (χ1n) is 10.3. The molecule has 1 aromatic carbocycles. The molecular formula is C22H14F3N9O2. The van der Waals surface area contributed by atoms with Crippen LogP contribution in [0.4, 0.5) is 24.7 Å². The highest BCUT2D eigenvalue weighted by molar-refractivity contribution is 6.05. The maximum Gasteiger partial charge on any atom is 0.434 e. The molecule has 0 bridgehead atoms. The number of benzene rings is 1. The zero-order valence-electron chi connectivity index (χ0n) is 18.0. The van der Waals surface area contributed by atoms with Crippen LogP contribution in [0.15, 0.2) is 58.8 Å². The first kappa shape index (κ1) is 22.7. The second kappa shape index (κ2) is 8.64. The molecule has 0 atom stereocenters. The van der Waals surface area contributed by atoms with E-state index in [1.165, 1.54) is 47.8 Å². The standard InChI is InChI=1S/C22H14F3N9O2/c23-22(24,25)18-16(11-31-33(18)17-3-1-2-15-14(17)4-5-27-20(15)35)21(36)32-13-8-12(9-26)19(28-10-13)34-29-6-7-30-34/h1-6,8,10-11,30H,7H2,(H,27,35)(H,32,36). The lowest BCUT2D eigenvalue weighted by Crippen LogP contribution is -2.29. The van der Waals surface area contributed by atoms with Crippen LogP contribution < -0.4 is 21.4 Å². The van der Waals surface area contributed by atoms with Gasteiger partial charge in [0.05, 0.1) is 35.9 Å². The Hall–Kier alpha value is -5.03. The van der Waals surface area contributed by atoms with Crippen molar-refractivity contribution in [3.05, 3.63) is 76.1 Å². The van der Waals surface area contributed by atoms with E-state index in [4.69, 9.17) is 0 Å². The first-order chi connectivity index (χ1) is 17.3. The van der Waals surface area contributed by atoms with Gasteiger partial charge in [-0.3, -0.25) is 9.59 Å². The Bertz CT molecular complexity index is 1630. The van der Waals surface area contributed by atoms with E-state index >= 15 is 0 Å². The first-order valence-corrected chi connectivity index (χ1v) is 10.3. The van der Waals surface area contributed by atoms with Gasteiger partial charge in [-0.05, 0) is 24.3 Å². The largest absolute Gasteiger partial charge is 0.434 e. The number of nitriles is 1. The molecule has 0 saturated heterocycles. The molecule has 0 radical (unpaired) electrons. The van der Waals surface area contributed by atoms with Gasteiger partial charge in [0.25, 0.3) is 11.5 Å². The highest BCUT2D eigenvalue weighted by Gasteiger charge is 2.41. The summed E-state index contributed by atoms with van der Waals surface area (Å²) in [4.78, 5) is 31.6. The number of hydrazine groups is 1. The Morgan fingerprint density at radius 2 is 2.03 bits per heavy atom. The number of hydrogen-bond donors (Lipinski definition) is 3. The lowest BCUT2D eigenvalue weighted by Gasteiger charge is -2.15. The van der Waals surface area contributed by atoms with Crippen LogP contribution in [0.3, 0.4) is 0 Å². The molecule has 11 nitrogen and oxygen atoms in total. The summed E-state index contributed by atoms with van der Waals surface area (Å²) in [6, 6.07) is 8.88. The van der Waals surface area contributed by atoms with E-state index in [1.807, 2.05) is 6.07 Å². The third-order valence-electron chi connectivity index (χ3n) is 5.28.